The SMILES string of the molecule is CCCCCOCc1cnc(C)cn1. The highest BCUT2D eigenvalue weighted by Crippen LogP contribution is 1.99. The highest BCUT2D eigenvalue weighted by Gasteiger charge is 1.94. The van der Waals surface area contributed by atoms with Gasteiger partial charge in [-0.1, -0.05) is 19.8 Å². The van der Waals surface area contributed by atoms with E-state index in [9.17, 15) is 0 Å². The Morgan fingerprint density at radius 1 is 1.21 bits per heavy atom. The quantitative estimate of drug-likeness (QED) is 0.652. The predicted octanol–water partition coefficient (Wildman–Crippen LogP) is 2.49. The first-order valence-corrected chi connectivity index (χ1v) is 5.18. The van der Waals surface area contributed by atoms with Crippen molar-refractivity contribution in [2.45, 2.75) is 39.7 Å². The molecule has 3 heteroatoms. The summed E-state index contributed by atoms with van der Waals surface area (Å²) in [5, 5.41) is 0. The molecule has 0 aromatic carbocycles. The van der Waals surface area contributed by atoms with Crippen LogP contribution in [0.15, 0.2) is 12.4 Å². The number of hydrogen-bond donors (Lipinski definition) is 0. The molecule has 0 amide bonds. The van der Waals surface area contributed by atoms with Gasteiger partial charge in [-0.2, -0.15) is 0 Å². The van der Waals surface area contributed by atoms with Gasteiger partial charge < -0.3 is 4.74 Å². The summed E-state index contributed by atoms with van der Waals surface area (Å²) in [7, 11) is 0. The third-order valence-electron chi connectivity index (χ3n) is 1.98. The molecule has 3 nitrogen and oxygen atoms in total. The van der Waals surface area contributed by atoms with E-state index in [-0.39, 0.29) is 0 Å². The fourth-order valence-electron chi connectivity index (χ4n) is 1.12. The number of ether oxygens (including phenoxy) is 1. The van der Waals surface area contributed by atoms with Crippen molar-refractivity contribution in [2.24, 2.45) is 0 Å². The van der Waals surface area contributed by atoms with E-state index < -0.39 is 0 Å². The summed E-state index contributed by atoms with van der Waals surface area (Å²) in [5.41, 5.74) is 1.85. The molecule has 0 spiro atoms. The van der Waals surface area contributed by atoms with Crippen LogP contribution in [0, 0.1) is 6.92 Å². The maximum absolute atomic E-state index is 5.46. The van der Waals surface area contributed by atoms with Gasteiger partial charge in [-0.25, -0.2) is 0 Å². The van der Waals surface area contributed by atoms with Gasteiger partial charge in [-0.05, 0) is 13.3 Å². The van der Waals surface area contributed by atoms with Crippen LogP contribution < -0.4 is 0 Å². The molecule has 0 N–H and O–H groups in total. The molecular weight excluding hydrogens is 176 g/mol. The van der Waals surface area contributed by atoms with E-state index in [0.29, 0.717) is 6.61 Å². The summed E-state index contributed by atoms with van der Waals surface area (Å²) >= 11 is 0. The van der Waals surface area contributed by atoms with Crippen molar-refractivity contribution in [3.05, 3.63) is 23.8 Å². The Morgan fingerprint density at radius 2 is 2.07 bits per heavy atom. The molecule has 14 heavy (non-hydrogen) atoms. The fraction of sp³-hybridized carbons (Fsp3) is 0.636. The van der Waals surface area contributed by atoms with Gasteiger partial charge in [0.25, 0.3) is 0 Å². The van der Waals surface area contributed by atoms with E-state index in [0.717, 1.165) is 24.4 Å². The molecule has 0 aliphatic carbocycles. The van der Waals surface area contributed by atoms with E-state index in [1.54, 1.807) is 12.4 Å². The van der Waals surface area contributed by atoms with Gasteiger partial charge >= 0.3 is 0 Å². The zero-order valence-electron chi connectivity index (χ0n) is 8.99. The van der Waals surface area contributed by atoms with Gasteiger partial charge in [0.05, 0.1) is 24.2 Å². The topological polar surface area (TPSA) is 35.0 Å². The third kappa shape index (κ3) is 4.33. The molecule has 1 aromatic rings. The maximum atomic E-state index is 5.46. The van der Waals surface area contributed by atoms with Crippen LogP contribution in [-0.2, 0) is 11.3 Å². The summed E-state index contributed by atoms with van der Waals surface area (Å²) in [6.45, 7) is 5.52. The van der Waals surface area contributed by atoms with Crippen molar-refractivity contribution < 1.29 is 4.74 Å². The molecule has 1 aromatic heterocycles. The summed E-state index contributed by atoms with van der Waals surface area (Å²) in [5.74, 6) is 0. The van der Waals surface area contributed by atoms with E-state index in [2.05, 4.69) is 16.9 Å². The monoisotopic (exact) mass is 194 g/mol. The second-order valence-corrected chi connectivity index (χ2v) is 3.41. The Bertz CT molecular complexity index is 246. The fourth-order valence-corrected chi connectivity index (χ4v) is 1.12. The Labute approximate surface area is 85.5 Å². The number of nitrogens with zero attached hydrogens (tertiary/aromatic N) is 2. The van der Waals surface area contributed by atoms with E-state index in [1.807, 2.05) is 6.92 Å². The van der Waals surface area contributed by atoms with Crippen molar-refractivity contribution in [3.63, 3.8) is 0 Å². The van der Waals surface area contributed by atoms with E-state index in [4.69, 9.17) is 4.74 Å². The zero-order valence-corrected chi connectivity index (χ0v) is 8.99. The van der Waals surface area contributed by atoms with Crippen LogP contribution in [-0.4, -0.2) is 16.6 Å². The summed E-state index contributed by atoms with van der Waals surface area (Å²) in [6.07, 6.45) is 7.14. The minimum atomic E-state index is 0.580. The van der Waals surface area contributed by atoms with Crippen LogP contribution in [0.4, 0.5) is 0 Å². The lowest BCUT2D eigenvalue weighted by Gasteiger charge is -2.02. The predicted molar refractivity (Wildman–Crippen MR) is 56.0 cm³/mol. The number of aromatic nitrogens is 2. The molecule has 0 saturated carbocycles. The van der Waals surface area contributed by atoms with Crippen LogP contribution in [0.5, 0.6) is 0 Å². The molecule has 0 aliphatic heterocycles. The van der Waals surface area contributed by atoms with Crippen molar-refractivity contribution in [3.8, 4) is 0 Å². The third-order valence-corrected chi connectivity index (χ3v) is 1.98. The molecule has 0 bridgehead atoms. The van der Waals surface area contributed by atoms with Gasteiger partial charge in [-0.15, -0.1) is 0 Å². The zero-order chi connectivity index (χ0) is 10.2. The lowest BCUT2D eigenvalue weighted by Crippen LogP contribution is -1.98. The lowest BCUT2D eigenvalue weighted by atomic mass is 10.3. The van der Waals surface area contributed by atoms with Crippen molar-refractivity contribution in [1.29, 1.82) is 0 Å². The minimum Gasteiger partial charge on any atom is -0.375 e. The highest BCUT2D eigenvalue weighted by molar-refractivity contribution is 4.99. The molecule has 0 aliphatic rings. The molecule has 0 unspecified atom stereocenters. The van der Waals surface area contributed by atoms with Gasteiger partial charge in [0.2, 0.25) is 0 Å². The van der Waals surface area contributed by atoms with Crippen LogP contribution in [0.25, 0.3) is 0 Å². The Hall–Kier alpha value is -0.960. The first-order valence-electron chi connectivity index (χ1n) is 5.18. The molecule has 78 valence electrons. The second kappa shape index (κ2) is 6.49. The standard InChI is InChI=1S/C11H18N2O/c1-3-4-5-6-14-9-11-8-12-10(2)7-13-11/h7-8H,3-6,9H2,1-2H3. The maximum Gasteiger partial charge on any atom is 0.0903 e. The molecule has 0 radical (unpaired) electrons. The first kappa shape index (κ1) is 11.1. The second-order valence-electron chi connectivity index (χ2n) is 3.41. The summed E-state index contributed by atoms with van der Waals surface area (Å²) < 4.78 is 5.46. The van der Waals surface area contributed by atoms with Gasteiger partial charge in [0, 0.05) is 12.8 Å². The average molecular weight is 194 g/mol. The molecule has 0 atom stereocenters. The Kier molecular flexibility index (Phi) is 5.15. The molecule has 1 heterocycles. The van der Waals surface area contributed by atoms with E-state index in [1.165, 1.54) is 12.8 Å². The van der Waals surface area contributed by atoms with E-state index >= 15 is 0 Å². The van der Waals surface area contributed by atoms with Crippen LogP contribution in [0.3, 0.4) is 0 Å². The number of rotatable bonds is 6. The molecular formula is C11H18N2O. The minimum absolute atomic E-state index is 0.580. The van der Waals surface area contributed by atoms with Crippen LogP contribution in [0.2, 0.25) is 0 Å². The average Bonchev–Trinajstić information content (AvgIpc) is 2.21. The summed E-state index contributed by atoms with van der Waals surface area (Å²) in [4.78, 5) is 8.36. The van der Waals surface area contributed by atoms with Crippen molar-refractivity contribution in [1.82, 2.24) is 9.97 Å². The molecule has 0 fully saturated rings. The lowest BCUT2D eigenvalue weighted by molar-refractivity contribution is 0.114. The van der Waals surface area contributed by atoms with Crippen molar-refractivity contribution >= 4 is 0 Å². The molecule has 0 saturated heterocycles. The largest absolute Gasteiger partial charge is 0.375 e. The number of hydrogen-bond acceptors (Lipinski definition) is 3. The normalized spacial score (nSPS) is 10.4. The summed E-state index contributed by atoms with van der Waals surface area (Å²) in [6, 6.07) is 0. The van der Waals surface area contributed by atoms with Gasteiger partial charge in [-0.3, -0.25) is 9.97 Å². The number of unbranched alkanes of at least 4 members (excludes halogenated alkanes) is 2. The van der Waals surface area contributed by atoms with Crippen LogP contribution in [0.1, 0.15) is 37.6 Å². The van der Waals surface area contributed by atoms with Crippen molar-refractivity contribution in [2.75, 3.05) is 6.61 Å². The van der Waals surface area contributed by atoms with Crippen LogP contribution >= 0.6 is 0 Å². The Balaban J connectivity index is 2.15. The Morgan fingerprint density at radius 3 is 2.71 bits per heavy atom. The van der Waals surface area contributed by atoms with Gasteiger partial charge in [0.15, 0.2) is 0 Å². The first-order chi connectivity index (χ1) is 6.83. The smallest absolute Gasteiger partial charge is 0.0903 e. The van der Waals surface area contributed by atoms with Gasteiger partial charge in [0.1, 0.15) is 0 Å². The molecule has 1 rings (SSSR count). The highest BCUT2D eigenvalue weighted by atomic mass is 16.5. The number of aryl methyl sites for hydroxylation is 1.